The number of hydrogen-bond acceptors (Lipinski definition) is 8. The van der Waals surface area contributed by atoms with Gasteiger partial charge < -0.3 is 0 Å². The second-order valence-electron chi connectivity index (χ2n) is 7.99. The second kappa shape index (κ2) is 20.5. The molecule has 4 aromatic carbocycles. The Kier molecular flexibility index (Phi) is 17.4. The maximum Gasteiger partial charge on any atom is 0.160 e. The number of pyridine rings is 1. The largest absolute Gasteiger partial charge is 0.265 e. The molecule has 1 aromatic heterocycles. The van der Waals surface area contributed by atoms with Gasteiger partial charge in [-0.15, -0.1) is 33.8 Å². The van der Waals surface area contributed by atoms with Crippen LogP contribution in [0.15, 0.2) is 169 Å². The fraction of sp³-hybridized carbons (Fsp3) is 0.0938. The molecule has 0 spiro atoms. The molecule has 0 aliphatic heterocycles. The lowest BCUT2D eigenvalue weighted by molar-refractivity contribution is -2.00. The van der Waals surface area contributed by atoms with Gasteiger partial charge in [-0.25, -0.2) is 18.6 Å². The molecular weight excluding hydrogens is 626 g/mol. The molecule has 1 heterocycles. The Labute approximate surface area is 266 Å². The van der Waals surface area contributed by atoms with Crippen LogP contribution in [-0.2, 0) is 10.9 Å². The molecule has 5 aromatic rings. The van der Waals surface area contributed by atoms with Crippen LogP contribution < -0.4 is 18.6 Å². The number of aromatic nitrogens is 1. The number of nitrogens with zero attached hydrogens (tertiary/aromatic N) is 1. The van der Waals surface area contributed by atoms with Crippen molar-refractivity contribution in [1.29, 1.82) is 0 Å². The topological polar surface area (TPSA) is 105 Å². The minimum atomic E-state index is -4.94. The van der Waals surface area contributed by atoms with Crippen LogP contribution >= 0.6 is 35.3 Å². The Balaban J connectivity index is 0.000000218. The average molecular weight is 658 g/mol. The van der Waals surface area contributed by atoms with E-state index in [1.165, 1.54) is 29.4 Å². The number of benzene rings is 4. The summed E-state index contributed by atoms with van der Waals surface area (Å²) in [5, 5.41) is 0. The fourth-order valence-electron chi connectivity index (χ4n) is 3.12. The van der Waals surface area contributed by atoms with Crippen LogP contribution in [0.4, 0.5) is 0 Å². The first-order valence-corrected chi connectivity index (χ1v) is 18.5. The average Bonchev–Trinajstić information content (AvgIpc) is 3.03. The Morgan fingerprint density at radius 1 is 0.500 bits per heavy atom. The lowest BCUT2D eigenvalue weighted by Gasteiger charge is -2.17. The first-order valence-electron chi connectivity index (χ1n) is 12.4. The molecule has 0 aliphatic rings. The van der Waals surface area contributed by atoms with E-state index in [9.17, 15) is 0 Å². The van der Waals surface area contributed by atoms with Gasteiger partial charge in [0.2, 0.25) is 0 Å². The van der Waals surface area contributed by atoms with Crippen LogP contribution in [0.25, 0.3) is 0 Å². The molecule has 220 valence electrons. The third-order valence-corrected chi connectivity index (χ3v) is 9.58. The Hall–Kier alpha value is -2.44. The minimum Gasteiger partial charge on any atom is -0.265 e. The van der Waals surface area contributed by atoms with Gasteiger partial charge in [-0.3, -0.25) is 4.98 Å². The summed E-state index contributed by atoms with van der Waals surface area (Å²) in [5.74, 6) is 0. The lowest BCUT2D eigenvalue weighted by Crippen LogP contribution is -2.68. The highest BCUT2D eigenvalue weighted by Gasteiger charge is 2.17. The van der Waals surface area contributed by atoms with E-state index in [1.54, 1.807) is 47.7 Å². The van der Waals surface area contributed by atoms with Crippen molar-refractivity contribution >= 4 is 46.2 Å². The highest BCUT2D eigenvalue weighted by Crippen LogP contribution is 2.28. The summed E-state index contributed by atoms with van der Waals surface area (Å²) in [6.45, 7) is 0. The van der Waals surface area contributed by atoms with Crippen molar-refractivity contribution in [3.63, 3.8) is 0 Å². The molecule has 0 radical (unpaired) electrons. The summed E-state index contributed by atoms with van der Waals surface area (Å²) in [4.78, 5) is 11.8. The summed E-state index contributed by atoms with van der Waals surface area (Å²) < 4.78 is 34.0. The van der Waals surface area contributed by atoms with Crippen LogP contribution in [0.2, 0.25) is 0 Å². The SMILES string of the molecule is CSc1ccc(Sc2ccccc2)cc1.CSc1ccc([S+](C)c2ccccc2)cc1.[O-][Cl+3]([O-])([O-])[O-].c1ccncc1. The molecule has 5 rings (SSSR count). The van der Waals surface area contributed by atoms with Crippen molar-refractivity contribution < 1.29 is 28.9 Å². The predicted molar refractivity (Wildman–Crippen MR) is 168 cm³/mol. The summed E-state index contributed by atoms with van der Waals surface area (Å²) >= 11 is 5.36. The summed E-state index contributed by atoms with van der Waals surface area (Å²) in [7, 11) is -4.76. The van der Waals surface area contributed by atoms with Crippen molar-refractivity contribution in [2.45, 2.75) is 29.4 Å². The standard InChI is InChI=1S/C14H15S2.C13H12S2.C5H5N.ClHO4/c1-15-12-8-10-14(11-9-12)16(2)13-6-4-3-5-7-13;1-14-11-7-9-13(10-8-11)15-12-5-3-2-4-6-12;1-2-4-6-5-3-1;2-1(3,4)5/h3-11H,1-2H3;2-10H,1H3;1-5H;(H,2,3,4,5)/q+1;;;/p-1. The van der Waals surface area contributed by atoms with Crippen molar-refractivity contribution in [2.24, 2.45) is 0 Å². The Morgan fingerprint density at radius 2 is 0.857 bits per heavy atom. The van der Waals surface area contributed by atoms with E-state index in [2.05, 4.69) is 127 Å². The predicted octanol–water partition coefficient (Wildman–Crippen LogP) is 4.96. The summed E-state index contributed by atoms with van der Waals surface area (Å²) in [5.41, 5.74) is 0. The van der Waals surface area contributed by atoms with Gasteiger partial charge in [0.1, 0.15) is 6.26 Å². The first kappa shape index (κ1) is 35.8. The van der Waals surface area contributed by atoms with Crippen molar-refractivity contribution in [1.82, 2.24) is 4.98 Å². The van der Waals surface area contributed by atoms with Gasteiger partial charge in [-0.2, -0.15) is 0 Å². The van der Waals surface area contributed by atoms with Crippen molar-refractivity contribution in [3.8, 4) is 0 Å². The van der Waals surface area contributed by atoms with Crippen molar-refractivity contribution in [3.05, 3.63) is 140 Å². The van der Waals surface area contributed by atoms with E-state index >= 15 is 0 Å². The zero-order chi connectivity index (χ0) is 30.6. The molecule has 1 atom stereocenters. The Morgan fingerprint density at radius 3 is 1.26 bits per heavy atom. The summed E-state index contributed by atoms with van der Waals surface area (Å²) in [6, 6.07) is 44.4. The van der Waals surface area contributed by atoms with E-state index in [0.717, 1.165) is 0 Å². The smallest absolute Gasteiger partial charge is 0.160 e. The fourth-order valence-corrected chi connectivity index (χ4v) is 6.16. The van der Waals surface area contributed by atoms with Crippen LogP contribution in [0.5, 0.6) is 0 Å². The number of halogens is 1. The molecule has 0 saturated heterocycles. The number of hydrogen-bond donors (Lipinski definition) is 0. The van der Waals surface area contributed by atoms with Crippen LogP contribution in [0, 0.1) is 10.2 Å². The van der Waals surface area contributed by atoms with Crippen LogP contribution in [-0.4, -0.2) is 23.8 Å². The zero-order valence-electron chi connectivity index (χ0n) is 23.4. The molecule has 0 fully saturated rings. The lowest BCUT2D eigenvalue weighted by atomic mass is 10.4. The summed E-state index contributed by atoms with van der Waals surface area (Å²) in [6.07, 6.45) is 9.99. The van der Waals surface area contributed by atoms with E-state index in [0.29, 0.717) is 0 Å². The van der Waals surface area contributed by atoms with E-state index in [-0.39, 0.29) is 10.9 Å². The number of thioether (sulfide) groups is 2. The van der Waals surface area contributed by atoms with Crippen molar-refractivity contribution in [2.75, 3.05) is 18.8 Å². The first-order chi connectivity index (χ1) is 20.2. The maximum absolute atomic E-state index is 8.49. The molecule has 0 N–H and O–H groups in total. The van der Waals surface area contributed by atoms with Gasteiger partial charge in [0.15, 0.2) is 9.79 Å². The Bertz CT molecular complexity index is 1330. The quantitative estimate of drug-likeness (QED) is 0.186. The molecular formula is C32H32ClNO4S4. The van der Waals surface area contributed by atoms with Gasteiger partial charge in [0.25, 0.3) is 0 Å². The monoisotopic (exact) mass is 657 g/mol. The third-order valence-electron chi connectivity index (χ3n) is 5.11. The third kappa shape index (κ3) is 16.3. The molecule has 0 saturated carbocycles. The van der Waals surface area contributed by atoms with Gasteiger partial charge in [0.05, 0.1) is 10.9 Å². The normalized spacial score (nSPS) is 10.9. The molecule has 0 amide bonds. The molecule has 1 unspecified atom stereocenters. The molecule has 5 nitrogen and oxygen atoms in total. The van der Waals surface area contributed by atoms with Gasteiger partial charge in [-0.1, -0.05) is 54.2 Å². The number of rotatable bonds is 6. The maximum atomic E-state index is 8.49. The molecule has 0 bridgehead atoms. The van der Waals surface area contributed by atoms with Crippen LogP contribution in [0.3, 0.4) is 0 Å². The van der Waals surface area contributed by atoms with Gasteiger partial charge in [0, 0.05) is 32.0 Å². The van der Waals surface area contributed by atoms with E-state index in [1.807, 2.05) is 24.3 Å². The van der Waals surface area contributed by atoms with Gasteiger partial charge >= 0.3 is 0 Å². The molecule has 0 aliphatic carbocycles. The van der Waals surface area contributed by atoms with E-state index in [4.69, 9.17) is 18.6 Å². The van der Waals surface area contributed by atoms with E-state index < -0.39 is 10.2 Å². The van der Waals surface area contributed by atoms with Crippen LogP contribution in [0.1, 0.15) is 0 Å². The highest BCUT2D eigenvalue weighted by atomic mass is 35.7. The molecule has 10 heteroatoms. The van der Waals surface area contributed by atoms with Gasteiger partial charge in [-0.05, 0) is 97.4 Å². The minimum absolute atomic E-state index is 0.184. The molecule has 42 heavy (non-hydrogen) atoms. The second-order valence-corrected chi connectivity index (χ2v) is 13.6. The highest BCUT2D eigenvalue weighted by molar-refractivity contribution is 7.99. The zero-order valence-corrected chi connectivity index (χ0v) is 27.4.